The van der Waals surface area contributed by atoms with E-state index in [-0.39, 0.29) is 0 Å². The molecule has 21 heavy (non-hydrogen) atoms. The van der Waals surface area contributed by atoms with Crippen molar-refractivity contribution < 1.29 is 4.42 Å². The van der Waals surface area contributed by atoms with Crippen LogP contribution in [-0.2, 0) is 13.1 Å². The smallest absolute Gasteiger partial charge is 0.120 e. The predicted molar refractivity (Wildman–Crippen MR) is 88.3 cm³/mol. The summed E-state index contributed by atoms with van der Waals surface area (Å²) in [7, 11) is 2.24. The molecule has 1 heterocycles. The largest absolute Gasteiger partial charge is 0.463 e. The lowest BCUT2D eigenvalue weighted by atomic mass is 9.94. The van der Waals surface area contributed by atoms with Gasteiger partial charge in [0, 0.05) is 6.04 Å². The number of hydrogen-bond acceptors (Lipinski definition) is 3. The summed E-state index contributed by atoms with van der Waals surface area (Å²) in [5, 5.41) is 3.46. The Labute approximate surface area is 130 Å². The maximum Gasteiger partial charge on any atom is 0.120 e. The fourth-order valence-electron chi connectivity index (χ4n) is 3.21. The molecule has 1 aliphatic carbocycles. The van der Waals surface area contributed by atoms with Crippen LogP contribution in [0, 0.1) is 12.8 Å². The molecule has 1 N–H and O–H groups in total. The van der Waals surface area contributed by atoms with Gasteiger partial charge in [-0.2, -0.15) is 0 Å². The molecule has 0 saturated heterocycles. The summed E-state index contributed by atoms with van der Waals surface area (Å²) in [6.45, 7) is 9.43. The lowest BCUT2D eigenvalue weighted by Gasteiger charge is -2.30. The van der Waals surface area contributed by atoms with Gasteiger partial charge in [0.15, 0.2) is 0 Å². The second-order valence-corrected chi connectivity index (χ2v) is 7.05. The molecule has 1 aromatic rings. The molecule has 0 radical (unpaired) electrons. The standard InChI is InChI=1S/C18H32N2O/c1-14(2)11-19-12-18-15(3)10-17(21-18)13-20(4)16-8-6-5-7-9-16/h10,14,16,19H,5-9,11-13H2,1-4H3. The van der Waals surface area contributed by atoms with E-state index in [4.69, 9.17) is 4.42 Å². The highest BCUT2D eigenvalue weighted by molar-refractivity contribution is 5.20. The van der Waals surface area contributed by atoms with Gasteiger partial charge in [-0.25, -0.2) is 0 Å². The van der Waals surface area contributed by atoms with Gasteiger partial charge in [0.1, 0.15) is 11.5 Å². The van der Waals surface area contributed by atoms with Gasteiger partial charge >= 0.3 is 0 Å². The Bertz CT molecular complexity index is 419. The van der Waals surface area contributed by atoms with Crippen molar-refractivity contribution in [1.82, 2.24) is 10.2 Å². The topological polar surface area (TPSA) is 28.4 Å². The third-order valence-corrected chi connectivity index (χ3v) is 4.51. The Hall–Kier alpha value is -0.800. The highest BCUT2D eigenvalue weighted by Crippen LogP contribution is 2.24. The van der Waals surface area contributed by atoms with E-state index in [1.807, 2.05) is 0 Å². The molecule has 0 bridgehead atoms. The van der Waals surface area contributed by atoms with Gasteiger partial charge in [-0.15, -0.1) is 0 Å². The fourth-order valence-corrected chi connectivity index (χ4v) is 3.21. The first kappa shape index (κ1) is 16.6. The highest BCUT2D eigenvalue weighted by atomic mass is 16.3. The number of rotatable bonds is 7. The molecule has 1 fully saturated rings. The summed E-state index contributed by atoms with van der Waals surface area (Å²) < 4.78 is 6.05. The van der Waals surface area contributed by atoms with E-state index >= 15 is 0 Å². The van der Waals surface area contributed by atoms with Crippen molar-refractivity contribution in [1.29, 1.82) is 0 Å². The van der Waals surface area contributed by atoms with Crippen molar-refractivity contribution in [3.63, 3.8) is 0 Å². The zero-order chi connectivity index (χ0) is 15.2. The Kier molecular flexibility index (Phi) is 6.31. The summed E-state index contributed by atoms with van der Waals surface area (Å²) in [6.07, 6.45) is 6.88. The third kappa shape index (κ3) is 5.15. The van der Waals surface area contributed by atoms with Crippen molar-refractivity contribution in [3.05, 3.63) is 23.2 Å². The molecule has 1 aliphatic rings. The molecule has 0 aliphatic heterocycles. The summed E-state index contributed by atoms with van der Waals surface area (Å²) in [5.74, 6) is 2.89. The van der Waals surface area contributed by atoms with Gasteiger partial charge in [-0.1, -0.05) is 33.1 Å². The molecular formula is C18H32N2O. The lowest BCUT2D eigenvalue weighted by molar-refractivity contribution is 0.172. The quantitative estimate of drug-likeness (QED) is 0.820. The Morgan fingerprint density at radius 3 is 2.67 bits per heavy atom. The molecule has 1 saturated carbocycles. The molecular weight excluding hydrogens is 260 g/mol. The lowest BCUT2D eigenvalue weighted by Crippen LogP contribution is -2.32. The summed E-state index contributed by atoms with van der Waals surface area (Å²) >= 11 is 0. The van der Waals surface area contributed by atoms with Crippen molar-refractivity contribution in [2.75, 3.05) is 13.6 Å². The number of hydrogen-bond donors (Lipinski definition) is 1. The second-order valence-electron chi connectivity index (χ2n) is 7.05. The van der Waals surface area contributed by atoms with Crippen LogP contribution in [0.25, 0.3) is 0 Å². The van der Waals surface area contributed by atoms with Crippen molar-refractivity contribution >= 4 is 0 Å². The third-order valence-electron chi connectivity index (χ3n) is 4.51. The Balaban J connectivity index is 1.85. The zero-order valence-electron chi connectivity index (χ0n) is 14.2. The van der Waals surface area contributed by atoms with Gasteiger partial charge in [0.25, 0.3) is 0 Å². The first-order chi connectivity index (χ1) is 10.1. The van der Waals surface area contributed by atoms with E-state index in [1.54, 1.807) is 0 Å². The number of aryl methyl sites for hydroxylation is 1. The van der Waals surface area contributed by atoms with E-state index in [9.17, 15) is 0 Å². The van der Waals surface area contributed by atoms with Crippen molar-refractivity contribution in [3.8, 4) is 0 Å². The number of furan rings is 1. The van der Waals surface area contributed by atoms with E-state index in [0.29, 0.717) is 5.92 Å². The van der Waals surface area contributed by atoms with Crippen LogP contribution >= 0.6 is 0 Å². The van der Waals surface area contributed by atoms with E-state index in [1.165, 1.54) is 37.7 Å². The molecule has 0 aromatic carbocycles. The van der Waals surface area contributed by atoms with Gasteiger partial charge in [0.2, 0.25) is 0 Å². The molecule has 3 nitrogen and oxygen atoms in total. The number of nitrogens with zero attached hydrogens (tertiary/aromatic N) is 1. The van der Waals surface area contributed by atoms with Gasteiger partial charge < -0.3 is 9.73 Å². The van der Waals surface area contributed by atoms with E-state index in [0.717, 1.165) is 37.2 Å². The predicted octanol–water partition coefficient (Wildman–Crippen LogP) is 4.10. The molecule has 0 atom stereocenters. The first-order valence-corrected chi connectivity index (χ1v) is 8.55. The number of nitrogens with one attached hydrogen (secondary N) is 1. The van der Waals surface area contributed by atoms with Crippen molar-refractivity contribution in [2.45, 2.75) is 72.0 Å². The fraction of sp³-hybridized carbons (Fsp3) is 0.778. The van der Waals surface area contributed by atoms with Crippen LogP contribution in [0.5, 0.6) is 0 Å². The van der Waals surface area contributed by atoms with Crippen LogP contribution in [0.4, 0.5) is 0 Å². The maximum atomic E-state index is 6.05. The molecule has 0 amide bonds. The van der Waals surface area contributed by atoms with Crippen LogP contribution in [0.2, 0.25) is 0 Å². The summed E-state index contributed by atoms with van der Waals surface area (Å²) in [4.78, 5) is 2.47. The average molecular weight is 292 g/mol. The summed E-state index contributed by atoms with van der Waals surface area (Å²) in [5.41, 5.74) is 1.28. The van der Waals surface area contributed by atoms with Crippen LogP contribution in [0.15, 0.2) is 10.5 Å². The van der Waals surface area contributed by atoms with Crippen LogP contribution in [-0.4, -0.2) is 24.5 Å². The van der Waals surface area contributed by atoms with Crippen LogP contribution < -0.4 is 5.32 Å². The molecule has 1 aromatic heterocycles. The Morgan fingerprint density at radius 2 is 2.00 bits per heavy atom. The summed E-state index contributed by atoms with van der Waals surface area (Å²) in [6, 6.07) is 2.96. The molecule has 2 rings (SSSR count). The average Bonchev–Trinajstić information content (AvgIpc) is 2.79. The molecule has 120 valence electrons. The van der Waals surface area contributed by atoms with Crippen LogP contribution in [0.1, 0.15) is 63.0 Å². The van der Waals surface area contributed by atoms with Gasteiger partial charge in [-0.3, -0.25) is 4.90 Å². The zero-order valence-corrected chi connectivity index (χ0v) is 14.2. The monoisotopic (exact) mass is 292 g/mol. The van der Waals surface area contributed by atoms with Crippen LogP contribution in [0.3, 0.4) is 0 Å². The maximum absolute atomic E-state index is 6.05. The van der Waals surface area contributed by atoms with E-state index < -0.39 is 0 Å². The highest BCUT2D eigenvalue weighted by Gasteiger charge is 2.19. The SMILES string of the molecule is Cc1cc(CN(C)C2CCCCC2)oc1CNCC(C)C. The normalized spacial score (nSPS) is 17.0. The first-order valence-electron chi connectivity index (χ1n) is 8.55. The minimum atomic E-state index is 0.678. The van der Waals surface area contributed by atoms with Gasteiger partial charge in [-0.05, 0) is 50.9 Å². The van der Waals surface area contributed by atoms with E-state index in [2.05, 4.69) is 44.1 Å². The molecule has 0 unspecified atom stereocenters. The minimum absolute atomic E-state index is 0.678. The minimum Gasteiger partial charge on any atom is -0.463 e. The van der Waals surface area contributed by atoms with Crippen molar-refractivity contribution in [2.24, 2.45) is 5.92 Å². The molecule has 0 spiro atoms. The van der Waals surface area contributed by atoms with Gasteiger partial charge in [0.05, 0.1) is 13.1 Å². The molecule has 3 heteroatoms. The second kappa shape index (κ2) is 8.00. The Morgan fingerprint density at radius 1 is 1.29 bits per heavy atom.